The standard InChI is InChI=1S/C28H23F6N3O3S/c1-39-21-7-3-16(4-8-21)23-24(17-5-9-22(40-2)10-6-17)37-26(36-23)41-12-11-35-25(38)18-13-19(27(29,30)31)15-20(14-18)28(32,33)34/h3-10,13-15H,11-12H2,1-2H3,(H,35,38)(H,36,37). The molecule has 3 aromatic carbocycles. The fraction of sp³-hybridized carbons (Fsp3) is 0.214. The number of aromatic nitrogens is 2. The summed E-state index contributed by atoms with van der Waals surface area (Å²) < 4.78 is 89.2. The molecule has 0 aliphatic rings. The number of alkyl halides is 6. The van der Waals surface area contributed by atoms with Crippen LogP contribution in [-0.4, -0.2) is 42.4 Å². The average molecular weight is 596 g/mol. The van der Waals surface area contributed by atoms with Crippen LogP contribution in [0.1, 0.15) is 21.5 Å². The second-order valence-corrected chi connectivity index (χ2v) is 9.71. The second-order valence-electron chi connectivity index (χ2n) is 8.62. The van der Waals surface area contributed by atoms with E-state index >= 15 is 0 Å². The number of hydrogen-bond acceptors (Lipinski definition) is 5. The minimum Gasteiger partial charge on any atom is -0.497 e. The van der Waals surface area contributed by atoms with Crippen molar-refractivity contribution >= 4 is 17.7 Å². The number of benzene rings is 3. The topological polar surface area (TPSA) is 76.2 Å². The summed E-state index contributed by atoms with van der Waals surface area (Å²) in [5.74, 6) is 0.519. The van der Waals surface area contributed by atoms with Gasteiger partial charge in [0.1, 0.15) is 11.5 Å². The summed E-state index contributed by atoms with van der Waals surface area (Å²) >= 11 is 1.22. The van der Waals surface area contributed by atoms with Crippen LogP contribution in [0.2, 0.25) is 0 Å². The lowest BCUT2D eigenvalue weighted by atomic mass is 10.0. The predicted octanol–water partition coefficient (Wildman–Crippen LogP) is 7.32. The van der Waals surface area contributed by atoms with Gasteiger partial charge < -0.3 is 19.8 Å². The zero-order valence-electron chi connectivity index (χ0n) is 21.6. The number of halogens is 6. The van der Waals surface area contributed by atoms with Gasteiger partial charge >= 0.3 is 12.4 Å². The van der Waals surface area contributed by atoms with Gasteiger partial charge in [-0.25, -0.2) is 4.98 Å². The fourth-order valence-corrected chi connectivity index (χ4v) is 4.57. The number of thioether (sulfide) groups is 1. The zero-order valence-corrected chi connectivity index (χ0v) is 22.4. The molecule has 0 bridgehead atoms. The largest absolute Gasteiger partial charge is 0.497 e. The van der Waals surface area contributed by atoms with Crippen LogP contribution in [0.5, 0.6) is 11.5 Å². The summed E-state index contributed by atoms with van der Waals surface area (Å²) in [7, 11) is 3.12. The van der Waals surface area contributed by atoms with Crippen molar-refractivity contribution in [3.8, 4) is 34.0 Å². The second kappa shape index (κ2) is 12.2. The SMILES string of the molecule is COc1ccc(-c2nc(SCCNC(=O)c3cc(C(F)(F)F)cc(C(F)(F)F)c3)[nH]c2-c2ccc(OC)cc2)cc1. The highest BCUT2D eigenvalue weighted by atomic mass is 32.2. The summed E-state index contributed by atoms with van der Waals surface area (Å²) in [6.45, 7) is -0.0441. The van der Waals surface area contributed by atoms with E-state index in [4.69, 9.17) is 9.47 Å². The number of nitrogens with one attached hydrogen (secondary N) is 2. The van der Waals surface area contributed by atoms with Crippen LogP contribution in [0.25, 0.3) is 22.5 Å². The lowest BCUT2D eigenvalue weighted by Crippen LogP contribution is -2.26. The van der Waals surface area contributed by atoms with Gasteiger partial charge in [-0.3, -0.25) is 4.79 Å². The molecule has 216 valence electrons. The van der Waals surface area contributed by atoms with Gasteiger partial charge in [-0.2, -0.15) is 26.3 Å². The Balaban J connectivity index is 1.49. The molecular formula is C28H23F6N3O3S. The Hall–Kier alpha value is -4.13. The van der Waals surface area contributed by atoms with Crippen molar-refractivity contribution in [1.82, 2.24) is 15.3 Å². The van der Waals surface area contributed by atoms with E-state index in [1.807, 2.05) is 24.3 Å². The maximum atomic E-state index is 13.1. The molecule has 1 aromatic heterocycles. The third kappa shape index (κ3) is 7.34. The van der Waals surface area contributed by atoms with Crippen LogP contribution in [-0.2, 0) is 12.4 Å². The number of nitrogens with zero attached hydrogens (tertiary/aromatic N) is 1. The summed E-state index contributed by atoms with van der Waals surface area (Å²) in [6.07, 6.45) is -10.1. The van der Waals surface area contributed by atoms with Crippen molar-refractivity contribution in [1.29, 1.82) is 0 Å². The molecular weight excluding hydrogens is 572 g/mol. The first-order valence-electron chi connectivity index (χ1n) is 12.0. The molecule has 4 aromatic rings. The number of amides is 1. The molecule has 4 rings (SSSR count). The highest BCUT2D eigenvalue weighted by Gasteiger charge is 2.37. The van der Waals surface area contributed by atoms with E-state index < -0.39 is 35.0 Å². The molecule has 1 amide bonds. The number of hydrogen-bond donors (Lipinski definition) is 2. The fourth-order valence-electron chi connectivity index (χ4n) is 3.84. The van der Waals surface area contributed by atoms with Crippen LogP contribution >= 0.6 is 11.8 Å². The Labute approximate surface area is 235 Å². The molecule has 0 fully saturated rings. The van der Waals surface area contributed by atoms with E-state index in [1.165, 1.54) is 11.8 Å². The summed E-state index contributed by atoms with van der Waals surface area (Å²) in [6, 6.07) is 15.4. The first-order valence-corrected chi connectivity index (χ1v) is 13.0. The molecule has 13 heteroatoms. The van der Waals surface area contributed by atoms with Gasteiger partial charge in [0.15, 0.2) is 5.16 Å². The molecule has 0 unspecified atom stereocenters. The van der Waals surface area contributed by atoms with E-state index in [1.54, 1.807) is 38.5 Å². The van der Waals surface area contributed by atoms with Gasteiger partial charge in [-0.15, -0.1) is 0 Å². The molecule has 0 spiro atoms. The Morgan fingerprint density at radius 3 is 1.83 bits per heavy atom. The van der Waals surface area contributed by atoms with Crippen molar-refractivity contribution in [2.45, 2.75) is 17.5 Å². The lowest BCUT2D eigenvalue weighted by molar-refractivity contribution is -0.143. The number of methoxy groups -OCH3 is 2. The molecule has 41 heavy (non-hydrogen) atoms. The maximum absolute atomic E-state index is 13.1. The number of rotatable bonds is 9. The number of aromatic amines is 1. The smallest absolute Gasteiger partial charge is 0.416 e. The van der Waals surface area contributed by atoms with Crippen molar-refractivity contribution in [2.24, 2.45) is 0 Å². The molecule has 0 atom stereocenters. The normalized spacial score (nSPS) is 11.8. The van der Waals surface area contributed by atoms with Crippen molar-refractivity contribution < 1.29 is 40.6 Å². The number of carbonyl (C=O) groups is 1. The van der Waals surface area contributed by atoms with Gasteiger partial charge in [0.05, 0.1) is 36.7 Å². The number of imidazole rings is 1. The molecule has 6 nitrogen and oxygen atoms in total. The van der Waals surface area contributed by atoms with E-state index in [2.05, 4.69) is 15.3 Å². The number of ether oxygens (including phenoxy) is 2. The zero-order chi connectivity index (χ0) is 29.8. The van der Waals surface area contributed by atoms with Crippen molar-refractivity contribution in [3.63, 3.8) is 0 Å². The molecule has 0 saturated heterocycles. The Morgan fingerprint density at radius 1 is 0.829 bits per heavy atom. The number of H-pyrrole nitrogens is 1. The monoisotopic (exact) mass is 595 g/mol. The van der Waals surface area contributed by atoms with Gasteiger partial charge in [-0.1, -0.05) is 11.8 Å². The van der Waals surface area contributed by atoms with Gasteiger partial charge in [0.2, 0.25) is 0 Å². The maximum Gasteiger partial charge on any atom is 0.416 e. The lowest BCUT2D eigenvalue weighted by Gasteiger charge is -2.14. The van der Waals surface area contributed by atoms with Crippen molar-refractivity contribution in [2.75, 3.05) is 26.5 Å². The quantitative estimate of drug-likeness (QED) is 0.121. The van der Waals surface area contributed by atoms with E-state index in [0.717, 1.165) is 11.1 Å². The molecule has 1 heterocycles. The Morgan fingerprint density at radius 2 is 1.34 bits per heavy atom. The number of carbonyl (C=O) groups excluding carboxylic acids is 1. The van der Waals surface area contributed by atoms with Crippen LogP contribution in [0.4, 0.5) is 26.3 Å². The van der Waals surface area contributed by atoms with Crippen molar-refractivity contribution in [3.05, 3.63) is 83.4 Å². The molecule has 0 aliphatic carbocycles. The molecule has 0 aliphatic heterocycles. The van der Waals surface area contributed by atoms with Crippen LogP contribution in [0, 0.1) is 0 Å². The van der Waals surface area contributed by atoms with Gasteiger partial charge in [-0.05, 0) is 66.7 Å². The average Bonchev–Trinajstić information content (AvgIpc) is 3.38. The first kappa shape index (κ1) is 29.8. The van der Waals surface area contributed by atoms with Crippen LogP contribution in [0.3, 0.4) is 0 Å². The third-order valence-corrected chi connectivity index (χ3v) is 6.78. The molecule has 0 saturated carbocycles. The van der Waals surface area contributed by atoms with Crippen LogP contribution in [0.15, 0.2) is 71.9 Å². The Kier molecular flexibility index (Phi) is 8.86. The van der Waals surface area contributed by atoms with Gasteiger partial charge in [0.25, 0.3) is 5.91 Å². The highest BCUT2D eigenvalue weighted by molar-refractivity contribution is 7.99. The first-order chi connectivity index (χ1) is 19.4. The van der Waals surface area contributed by atoms with Gasteiger partial charge in [0, 0.05) is 29.0 Å². The summed E-state index contributed by atoms with van der Waals surface area (Å²) in [5.41, 5.74) is -0.855. The molecule has 2 N–H and O–H groups in total. The van der Waals surface area contributed by atoms with E-state index in [0.29, 0.717) is 40.2 Å². The predicted molar refractivity (Wildman–Crippen MR) is 142 cm³/mol. The van der Waals surface area contributed by atoms with Crippen LogP contribution < -0.4 is 14.8 Å². The van der Waals surface area contributed by atoms with E-state index in [-0.39, 0.29) is 18.4 Å². The Bertz CT molecular complexity index is 1400. The summed E-state index contributed by atoms with van der Waals surface area (Å²) in [5, 5.41) is 2.87. The minimum absolute atomic E-state index is 0.0235. The third-order valence-electron chi connectivity index (χ3n) is 5.90. The summed E-state index contributed by atoms with van der Waals surface area (Å²) in [4.78, 5) is 20.4. The highest BCUT2D eigenvalue weighted by Crippen LogP contribution is 2.37. The molecule has 0 radical (unpaired) electrons. The minimum atomic E-state index is -5.05. The van der Waals surface area contributed by atoms with E-state index in [9.17, 15) is 31.1 Å².